The fraction of sp³-hybridized carbons (Fsp3) is 0.435. The Morgan fingerprint density at radius 2 is 1.69 bits per heavy atom. The molecule has 32 heavy (non-hydrogen) atoms. The van der Waals surface area contributed by atoms with Crippen molar-refractivity contribution in [1.29, 1.82) is 0 Å². The number of phenolic OH excluding ortho intramolecular Hbond substituents is 1. The van der Waals surface area contributed by atoms with Crippen molar-refractivity contribution in [1.82, 2.24) is 0 Å². The summed E-state index contributed by atoms with van der Waals surface area (Å²) in [6.45, 7) is 1.09. The van der Waals surface area contributed by atoms with Gasteiger partial charge in [-0.3, -0.25) is 4.79 Å². The average Bonchev–Trinajstić information content (AvgIpc) is 3.42. The van der Waals surface area contributed by atoms with Crippen LogP contribution in [-0.2, 0) is 14.3 Å². The molecule has 170 valence electrons. The second-order valence-electron chi connectivity index (χ2n) is 7.99. The first-order valence-electron chi connectivity index (χ1n) is 10.4. The lowest BCUT2D eigenvalue weighted by atomic mass is 9.66. The van der Waals surface area contributed by atoms with Crippen LogP contribution in [0, 0.1) is 11.8 Å². The molecule has 0 radical (unpaired) electrons. The number of esters is 1. The Balaban J connectivity index is 1.72. The Hall–Kier alpha value is -3.17. The zero-order valence-corrected chi connectivity index (χ0v) is 17.8. The number of fused-ring (bicyclic) bond motifs is 3. The first-order valence-corrected chi connectivity index (χ1v) is 10.4. The quantitative estimate of drug-likeness (QED) is 0.647. The molecule has 0 saturated carbocycles. The molecule has 0 bridgehead atoms. The number of carbonyl (C=O) groups excluding carboxylic acids is 1. The Morgan fingerprint density at radius 3 is 2.31 bits per heavy atom. The van der Waals surface area contributed by atoms with Crippen LogP contribution in [0.15, 0.2) is 24.3 Å². The molecule has 2 aromatic rings. The Kier molecular flexibility index (Phi) is 5.22. The van der Waals surface area contributed by atoms with E-state index in [1.54, 1.807) is 12.1 Å². The molecule has 2 heterocycles. The van der Waals surface area contributed by atoms with Crippen molar-refractivity contribution in [3.8, 4) is 28.7 Å². The largest absolute Gasteiger partial charge is 0.502 e. The molecule has 9 nitrogen and oxygen atoms in total. The molecule has 0 aromatic heterocycles. The summed E-state index contributed by atoms with van der Waals surface area (Å²) in [6.07, 6.45) is -0.378. The third-order valence-electron chi connectivity index (χ3n) is 6.40. The van der Waals surface area contributed by atoms with Gasteiger partial charge in [0.15, 0.2) is 23.0 Å². The fourth-order valence-electron chi connectivity index (χ4n) is 5.01. The second-order valence-corrected chi connectivity index (χ2v) is 7.99. The van der Waals surface area contributed by atoms with E-state index in [1.165, 1.54) is 14.2 Å². The number of benzene rings is 2. The molecule has 1 fully saturated rings. The minimum absolute atomic E-state index is 0.102. The van der Waals surface area contributed by atoms with Crippen LogP contribution < -0.4 is 24.7 Å². The molecule has 1 aliphatic carbocycles. The van der Waals surface area contributed by atoms with Crippen molar-refractivity contribution in [3.05, 3.63) is 41.0 Å². The number of carbonyl (C=O) groups is 1. The summed E-state index contributed by atoms with van der Waals surface area (Å²) in [4.78, 5) is 13.0. The van der Waals surface area contributed by atoms with Gasteiger partial charge in [-0.15, -0.1) is 0 Å². The van der Waals surface area contributed by atoms with E-state index in [4.69, 9.17) is 34.2 Å². The SMILES string of the molecule is COc1cc([C@@H]2c3cc4c(cc3[C@@H](OCCN)[C@H]3COC(=O)[C@H]23)OCO4)cc(OC)c1O. The summed E-state index contributed by atoms with van der Waals surface area (Å²) < 4.78 is 33.6. The van der Waals surface area contributed by atoms with Gasteiger partial charge in [0.25, 0.3) is 0 Å². The minimum atomic E-state index is -0.496. The van der Waals surface area contributed by atoms with Crippen LogP contribution in [-0.4, -0.2) is 51.8 Å². The van der Waals surface area contributed by atoms with Crippen LogP contribution in [0.25, 0.3) is 0 Å². The normalized spacial score (nSPS) is 25.2. The molecule has 0 amide bonds. The van der Waals surface area contributed by atoms with E-state index < -0.39 is 5.92 Å². The lowest BCUT2D eigenvalue weighted by molar-refractivity contribution is -0.141. The lowest BCUT2D eigenvalue weighted by Crippen LogP contribution is -2.36. The molecule has 4 atom stereocenters. The number of cyclic esters (lactones) is 1. The predicted octanol–water partition coefficient (Wildman–Crippen LogP) is 2.09. The van der Waals surface area contributed by atoms with Crippen molar-refractivity contribution in [2.75, 3.05) is 40.8 Å². The first kappa shape index (κ1) is 20.7. The van der Waals surface area contributed by atoms with Crippen molar-refractivity contribution < 1.29 is 38.3 Å². The summed E-state index contributed by atoms with van der Waals surface area (Å²) in [5.41, 5.74) is 8.22. The van der Waals surface area contributed by atoms with Crippen LogP contribution >= 0.6 is 0 Å². The maximum atomic E-state index is 13.0. The number of phenols is 1. The van der Waals surface area contributed by atoms with Crippen molar-refractivity contribution in [3.63, 3.8) is 0 Å². The number of aromatic hydroxyl groups is 1. The third kappa shape index (κ3) is 3.11. The maximum Gasteiger partial charge on any atom is 0.310 e. The first-order chi connectivity index (χ1) is 15.6. The van der Waals surface area contributed by atoms with E-state index in [0.29, 0.717) is 24.7 Å². The van der Waals surface area contributed by atoms with Crippen LogP contribution in [0.3, 0.4) is 0 Å². The van der Waals surface area contributed by atoms with Crippen molar-refractivity contribution in [2.45, 2.75) is 12.0 Å². The Bertz CT molecular complexity index is 1030. The molecule has 9 heteroatoms. The molecule has 2 aliphatic heterocycles. The van der Waals surface area contributed by atoms with E-state index >= 15 is 0 Å². The van der Waals surface area contributed by atoms with Gasteiger partial charge in [-0.05, 0) is 41.0 Å². The van der Waals surface area contributed by atoms with Gasteiger partial charge >= 0.3 is 5.97 Å². The van der Waals surface area contributed by atoms with Gasteiger partial charge < -0.3 is 39.3 Å². The standard InChI is InChI=1S/C23H25NO8/c1-27-17-5-11(6-18(28-2)21(17)25)19-12-7-15-16(32-10-31-15)8-13(12)22(29-4-3-24)14-9-30-23(26)20(14)19/h5-8,14,19-20,22,25H,3-4,9-10,24H2,1-2H3/t14-,19+,20-,22+/m0/s1. The maximum absolute atomic E-state index is 13.0. The van der Waals surface area contributed by atoms with Crippen LogP contribution in [0.1, 0.15) is 28.7 Å². The zero-order chi connectivity index (χ0) is 22.4. The number of hydrogen-bond acceptors (Lipinski definition) is 9. The summed E-state index contributed by atoms with van der Waals surface area (Å²) >= 11 is 0. The predicted molar refractivity (Wildman–Crippen MR) is 111 cm³/mol. The Labute approximate surface area is 184 Å². The molecular formula is C23H25NO8. The zero-order valence-electron chi connectivity index (χ0n) is 17.8. The number of hydrogen-bond donors (Lipinski definition) is 2. The van der Waals surface area contributed by atoms with Crippen LogP contribution in [0.4, 0.5) is 0 Å². The molecule has 3 N–H and O–H groups in total. The van der Waals surface area contributed by atoms with Gasteiger partial charge in [-0.2, -0.15) is 0 Å². The monoisotopic (exact) mass is 443 g/mol. The van der Waals surface area contributed by atoms with E-state index in [2.05, 4.69) is 0 Å². The molecule has 1 saturated heterocycles. The Morgan fingerprint density at radius 1 is 1.03 bits per heavy atom. The average molecular weight is 443 g/mol. The summed E-state index contributed by atoms with van der Waals surface area (Å²) in [6, 6.07) is 7.26. The smallest absolute Gasteiger partial charge is 0.310 e. The minimum Gasteiger partial charge on any atom is -0.502 e. The van der Waals surface area contributed by atoms with Gasteiger partial charge in [-0.1, -0.05) is 0 Å². The highest BCUT2D eigenvalue weighted by Gasteiger charge is 2.53. The topological polar surface area (TPSA) is 119 Å². The molecule has 2 aromatic carbocycles. The fourth-order valence-corrected chi connectivity index (χ4v) is 5.01. The number of nitrogens with two attached hydrogens (primary N) is 1. The lowest BCUT2D eigenvalue weighted by Gasteiger charge is -2.39. The van der Waals surface area contributed by atoms with Crippen molar-refractivity contribution >= 4 is 5.97 Å². The van der Waals surface area contributed by atoms with Crippen LogP contribution in [0.5, 0.6) is 28.7 Å². The molecular weight excluding hydrogens is 418 g/mol. The van der Waals surface area contributed by atoms with E-state index in [9.17, 15) is 9.90 Å². The number of ether oxygens (including phenoxy) is 6. The number of rotatable bonds is 6. The summed E-state index contributed by atoms with van der Waals surface area (Å²) in [5.74, 6) is 0.258. The van der Waals surface area contributed by atoms with Crippen molar-refractivity contribution in [2.24, 2.45) is 17.6 Å². The summed E-state index contributed by atoms with van der Waals surface area (Å²) in [7, 11) is 2.93. The highest BCUT2D eigenvalue weighted by atomic mass is 16.7. The number of methoxy groups -OCH3 is 2. The van der Waals surface area contributed by atoms with E-state index in [0.717, 1.165) is 16.7 Å². The van der Waals surface area contributed by atoms with E-state index in [-0.39, 0.29) is 54.6 Å². The van der Waals surface area contributed by atoms with Gasteiger partial charge in [0.05, 0.1) is 39.5 Å². The second kappa shape index (κ2) is 8.07. The summed E-state index contributed by atoms with van der Waals surface area (Å²) in [5, 5.41) is 10.4. The molecule has 0 unspecified atom stereocenters. The van der Waals surface area contributed by atoms with E-state index in [1.807, 2.05) is 12.1 Å². The molecule has 5 rings (SSSR count). The third-order valence-corrected chi connectivity index (χ3v) is 6.40. The molecule has 3 aliphatic rings. The molecule has 0 spiro atoms. The van der Waals surface area contributed by atoms with Gasteiger partial charge in [0.1, 0.15) is 0 Å². The van der Waals surface area contributed by atoms with Crippen LogP contribution in [0.2, 0.25) is 0 Å². The van der Waals surface area contributed by atoms with Gasteiger partial charge in [0.2, 0.25) is 12.5 Å². The van der Waals surface area contributed by atoms with Gasteiger partial charge in [-0.25, -0.2) is 0 Å². The highest BCUT2D eigenvalue weighted by Crippen LogP contribution is 2.56. The van der Waals surface area contributed by atoms with Gasteiger partial charge in [0, 0.05) is 18.4 Å². The highest BCUT2D eigenvalue weighted by molar-refractivity contribution is 5.79.